The number of rotatable bonds is 5. The van der Waals surface area contributed by atoms with Crippen molar-refractivity contribution in [3.63, 3.8) is 0 Å². The molecule has 0 aliphatic rings. The lowest BCUT2D eigenvalue weighted by molar-refractivity contribution is -0.110. The number of amides is 1. The molecule has 0 aliphatic heterocycles. The highest BCUT2D eigenvalue weighted by molar-refractivity contribution is 5.47. The van der Waals surface area contributed by atoms with Gasteiger partial charge in [-0.05, 0) is 19.7 Å². The smallest absolute Gasteiger partial charge is 0.207 e. The summed E-state index contributed by atoms with van der Waals surface area (Å²) in [4.78, 5) is 12.5. The number of hydrogen-bond acceptors (Lipinski definition) is 2. The molecule has 1 atom stereocenters. The summed E-state index contributed by atoms with van der Waals surface area (Å²) in [5, 5.41) is 2.81. The molecule has 3 nitrogen and oxygen atoms in total. The van der Waals surface area contributed by atoms with Crippen LogP contribution in [0.2, 0.25) is 0 Å². The Morgan fingerprint density at radius 3 is 2.50 bits per heavy atom. The molecule has 0 spiro atoms. The van der Waals surface area contributed by atoms with Gasteiger partial charge < -0.3 is 10.2 Å². The van der Waals surface area contributed by atoms with Crippen LogP contribution in [0.5, 0.6) is 0 Å². The van der Waals surface area contributed by atoms with Crippen molar-refractivity contribution >= 4 is 6.41 Å². The van der Waals surface area contributed by atoms with E-state index in [1.807, 2.05) is 49.3 Å². The molecule has 1 amide bonds. The van der Waals surface area contributed by atoms with Gasteiger partial charge in [-0.2, -0.15) is 0 Å². The van der Waals surface area contributed by atoms with Crippen molar-refractivity contribution in [2.24, 2.45) is 0 Å². The Bertz CT molecular complexity index is 272. The summed E-state index contributed by atoms with van der Waals surface area (Å²) in [6.07, 6.45) is 0.751. The maximum Gasteiger partial charge on any atom is 0.207 e. The number of likely N-dealkylation sites (N-methyl/N-ethyl adjacent to an activating group) is 1. The van der Waals surface area contributed by atoms with Crippen LogP contribution in [-0.4, -0.2) is 32.0 Å². The van der Waals surface area contributed by atoms with Crippen LogP contribution < -0.4 is 5.32 Å². The molecule has 0 aromatic heterocycles. The van der Waals surface area contributed by atoms with Gasteiger partial charge in [0.15, 0.2) is 0 Å². The fraction of sp³-hybridized carbons (Fsp3) is 0.364. The number of carbonyl (C=O) groups excluding carboxylic acids is 1. The zero-order valence-electron chi connectivity index (χ0n) is 8.60. The summed E-state index contributed by atoms with van der Waals surface area (Å²) in [6.45, 7) is 0.808. The Labute approximate surface area is 84.7 Å². The van der Waals surface area contributed by atoms with Gasteiger partial charge in [-0.3, -0.25) is 4.79 Å². The lowest BCUT2D eigenvalue weighted by Gasteiger charge is -2.20. The molecule has 0 saturated carbocycles. The van der Waals surface area contributed by atoms with Crippen LogP contribution in [-0.2, 0) is 4.79 Å². The van der Waals surface area contributed by atoms with E-state index < -0.39 is 0 Å². The molecule has 3 heteroatoms. The van der Waals surface area contributed by atoms with E-state index in [-0.39, 0.29) is 6.04 Å². The Balaban J connectivity index is 2.72. The van der Waals surface area contributed by atoms with Gasteiger partial charge >= 0.3 is 0 Å². The zero-order valence-corrected chi connectivity index (χ0v) is 8.60. The quantitative estimate of drug-likeness (QED) is 0.707. The second kappa shape index (κ2) is 5.40. The Kier molecular flexibility index (Phi) is 4.13. The number of nitrogens with zero attached hydrogens (tertiary/aromatic N) is 1. The molecule has 1 aromatic rings. The lowest BCUT2D eigenvalue weighted by Crippen LogP contribution is -2.30. The molecule has 0 fully saturated rings. The monoisotopic (exact) mass is 192 g/mol. The van der Waals surface area contributed by atoms with Crippen molar-refractivity contribution in [2.75, 3.05) is 20.6 Å². The van der Waals surface area contributed by atoms with E-state index in [4.69, 9.17) is 0 Å². The summed E-state index contributed by atoms with van der Waals surface area (Å²) < 4.78 is 0. The van der Waals surface area contributed by atoms with Crippen LogP contribution in [0.15, 0.2) is 30.3 Å². The minimum absolute atomic E-state index is 0.0729. The Morgan fingerprint density at radius 2 is 2.00 bits per heavy atom. The molecule has 1 unspecified atom stereocenters. The fourth-order valence-electron chi connectivity index (χ4n) is 1.39. The molecule has 0 heterocycles. The van der Waals surface area contributed by atoms with Crippen LogP contribution in [0, 0.1) is 0 Å². The van der Waals surface area contributed by atoms with Crippen LogP contribution in [0.1, 0.15) is 11.6 Å². The van der Waals surface area contributed by atoms with E-state index in [1.165, 1.54) is 0 Å². The Hall–Kier alpha value is -1.35. The van der Waals surface area contributed by atoms with Gasteiger partial charge in [0.05, 0.1) is 6.04 Å². The molecule has 0 radical (unpaired) electrons. The van der Waals surface area contributed by atoms with E-state index in [2.05, 4.69) is 5.32 Å². The van der Waals surface area contributed by atoms with E-state index in [0.717, 1.165) is 18.5 Å². The molecule has 76 valence electrons. The molecule has 0 aliphatic carbocycles. The summed E-state index contributed by atoms with van der Waals surface area (Å²) in [7, 11) is 3.98. The molecule has 0 bridgehead atoms. The van der Waals surface area contributed by atoms with Crippen molar-refractivity contribution in [3.05, 3.63) is 35.9 Å². The minimum Gasteiger partial charge on any atom is -0.351 e. The number of hydrogen-bond donors (Lipinski definition) is 1. The van der Waals surface area contributed by atoms with Gasteiger partial charge in [-0.25, -0.2) is 0 Å². The van der Waals surface area contributed by atoms with Crippen molar-refractivity contribution in [1.29, 1.82) is 0 Å². The zero-order chi connectivity index (χ0) is 10.4. The molecule has 14 heavy (non-hydrogen) atoms. The van der Waals surface area contributed by atoms with Crippen LogP contribution in [0.3, 0.4) is 0 Å². The number of benzene rings is 1. The average Bonchev–Trinajstić information content (AvgIpc) is 2.18. The topological polar surface area (TPSA) is 32.3 Å². The standard InChI is InChI=1S/C11H16N2O/c1-13(2)8-11(12-9-14)10-6-4-3-5-7-10/h3-7,9,11H,8H2,1-2H3,(H,12,14). The first-order valence-electron chi connectivity index (χ1n) is 4.63. The van der Waals surface area contributed by atoms with Gasteiger partial charge in [0.1, 0.15) is 0 Å². The molecular formula is C11H16N2O. The molecular weight excluding hydrogens is 176 g/mol. The molecule has 1 N–H and O–H groups in total. The summed E-state index contributed by atoms with van der Waals surface area (Å²) in [5.74, 6) is 0. The largest absolute Gasteiger partial charge is 0.351 e. The van der Waals surface area contributed by atoms with E-state index in [9.17, 15) is 4.79 Å². The van der Waals surface area contributed by atoms with Gasteiger partial charge in [-0.1, -0.05) is 30.3 Å². The van der Waals surface area contributed by atoms with E-state index >= 15 is 0 Å². The number of nitrogens with one attached hydrogen (secondary N) is 1. The third-order valence-electron chi connectivity index (χ3n) is 2.02. The van der Waals surface area contributed by atoms with E-state index in [1.54, 1.807) is 0 Å². The average molecular weight is 192 g/mol. The van der Waals surface area contributed by atoms with E-state index in [0.29, 0.717) is 0 Å². The first-order chi connectivity index (χ1) is 6.74. The maximum atomic E-state index is 10.4. The third-order valence-corrected chi connectivity index (χ3v) is 2.02. The summed E-state index contributed by atoms with van der Waals surface area (Å²) in [5.41, 5.74) is 1.13. The van der Waals surface area contributed by atoms with Crippen molar-refractivity contribution < 1.29 is 4.79 Å². The predicted molar refractivity (Wildman–Crippen MR) is 56.9 cm³/mol. The SMILES string of the molecule is CN(C)CC(NC=O)c1ccccc1. The first-order valence-corrected chi connectivity index (χ1v) is 4.63. The number of carbonyl (C=O) groups is 1. The van der Waals surface area contributed by atoms with Gasteiger partial charge in [0, 0.05) is 6.54 Å². The first kappa shape index (κ1) is 10.7. The lowest BCUT2D eigenvalue weighted by atomic mass is 10.1. The van der Waals surface area contributed by atoms with Gasteiger partial charge in [0.2, 0.25) is 6.41 Å². The molecule has 1 rings (SSSR count). The molecule has 0 saturated heterocycles. The second-order valence-corrected chi connectivity index (χ2v) is 3.51. The van der Waals surface area contributed by atoms with Crippen LogP contribution >= 0.6 is 0 Å². The third kappa shape index (κ3) is 3.18. The van der Waals surface area contributed by atoms with Crippen molar-refractivity contribution in [2.45, 2.75) is 6.04 Å². The van der Waals surface area contributed by atoms with Gasteiger partial charge in [0.25, 0.3) is 0 Å². The minimum atomic E-state index is 0.0729. The van der Waals surface area contributed by atoms with Crippen LogP contribution in [0.4, 0.5) is 0 Å². The predicted octanol–water partition coefficient (Wildman–Crippen LogP) is 1.04. The highest BCUT2D eigenvalue weighted by Gasteiger charge is 2.10. The second-order valence-electron chi connectivity index (χ2n) is 3.51. The summed E-state index contributed by atoms with van der Waals surface area (Å²) >= 11 is 0. The maximum absolute atomic E-state index is 10.4. The fourth-order valence-corrected chi connectivity index (χ4v) is 1.39. The highest BCUT2D eigenvalue weighted by atomic mass is 16.1. The molecule has 1 aromatic carbocycles. The van der Waals surface area contributed by atoms with Crippen molar-refractivity contribution in [3.8, 4) is 0 Å². The summed E-state index contributed by atoms with van der Waals surface area (Å²) in [6, 6.07) is 10.0. The normalized spacial score (nSPS) is 12.5. The Morgan fingerprint density at radius 1 is 1.36 bits per heavy atom. The highest BCUT2D eigenvalue weighted by Crippen LogP contribution is 2.11. The van der Waals surface area contributed by atoms with Crippen LogP contribution in [0.25, 0.3) is 0 Å². The van der Waals surface area contributed by atoms with Crippen molar-refractivity contribution in [1.82, 2.24) is 10.2 Å². The van der Waals surface area contributed by atoms with Gasteiger partial charge in [-0.15, -0.1) is 0 Å².